The summed E-state index contributed by atoms with van der Waals surface area (Å²) in [5.41, 5.74) is 3.21. The van der Waals surface area contributed by atoms with E-state index in [1.807, 2.05) is 121 Å². The van der Waals surface area contributed by atoms with Gasteiger partial charge in [0.05, 0.1) is 6.16 Å². The van der Waals surface area contributed by atoms with E-state index < -0.39 is 37.5 Å². The first-order chi connectivity index (χ1) is 18.5. The van der Waals surface area contributed by atoms with Crippen LogP contribution in [-0.4, -0.2) is 30.2 Å². The third-order valence-corrected chi connectivity index (χ3v) is 8.69. The highest BCUT2D eigenvalue weighted by molar-refractivity contribution is 7.60. The molecule has 1 N–H and O–H groups in total. The van der Waals surface area contributed by atoms with Gasteiger partial charge in [0.15, 0.2) is 6.10 Å². The van der Waals surface area contributed by atoms with Gasteiger partial charge < -0.3 is 14.6 Å². The first kappa shape index (κ1) is 25.7. The number of carbonyl (C=O) groups is 2. The van der Waals surface area contributed by atoms with Gasteiger partial charge in [-0.3, -0.25) is 9.36 Å². The highest BCUT2D eigenvalue weighted by Crippen LogP contribution is 2.54. The largest absolute Gasteiger partial charge is 0.451 e. The van der Waals surface area contributed by atoms with E-state index >= 15 is 0 Å². The predicted octanol–water partition coefficient (Wildman–Crippen LogP) is 5.90. The molecule has 0 bridgehead atoms. The van der Waals surface area contributed by atoms with E-state index in [1.165, 1.54) is 0 Å². The van der Waals surface area contributed by atoms with Gasteiger partial charge in [0.2, 0.25) is 13.3 Å². The van der Waals surface area contributed by atoms with Crippen molar-refractivity contribution in [3.05, 3.63) is 144 Å². The fourth-order valence-electron chi connectivity index (χ4n) is 4.61. The van der Waals surface area contributed by atoms with Crippen LogP contribution in [0.25, 0.3) is 0 Å². The summed E-state index contributed by atoms with van der Waals surface area (Å²) in [6.45, 7) is 0. The second kappa shape index (κ2) is 11.6. The van der Waals surface area contributed by atoms with Crippen molar-refractivity contribution in [2.45, 2.75) is 18.2 Å². The maximum absolute atomic E-state index is 14.1. The molecule has 192 valence electrons. The van der Waals surface area contributed by atoms with E-state index in [1.54, 1.807) is 0 Å². The molecule has 1 saturated heterocycles. The van der Waals surface area contributed by atoms with Crippen molar-refractivity contribution in [2.24, 2.45) is 0 Å². The van der Waals surface area contributed by atoms with Gasteiger partial charge in [-0.05, 0) is 22.3 Å². The molecule has 4 aromatic carbocycles. The number of hydrogen-bond acceptors (Lipinski definition) is 5. The van der Waals surface area contributed by atoms with E-state index in [9.17, 15) is 14.2 Å². The van der Waals surface area contributed by atoms with Gasteiger partial charge in [-0.2, -0.15) is 0 Å². The monoisotopic (exact) mass is 525 g/mol. The highest BCUT2D eigenvalue weighted by atomic mass is 31.2. The number of rotatable bonds is 8. The summed E-state index contributed by atoms with van der Waals surface area (Å²) in [5.74, 6) is -1.16. The van der Waals surface area contributed by atoms with E-state index in [0.717, 1.165) is 22.3 Å². The lowest BCUT2D eigenvalue weighted by Gasteiger charge is -2.32. The van der Waals surface area contributed by atoms with Crippen LogP contribution in [0.15, 0.2) is 121 Å². The fourth-order valence-corrected chi connectivity index (χ4v) is 6.85. The average Bonchev–Trinajstić information content (AvgIpc) is 2.96. The maximum Gasteiger partial charge on any atom is 0.330 e. The van der Waals surface area contributed by atoms with Crippen LogP contribution in [0.4, 0.5) is 0 Å². The topological polar surface area (TPSA) is 81.7 Å². The third kappa shape index (κ3) is 6.10. The SMILES string of the molecule is O=C1C[P@](=O)(OC(c2ccccc2)c2ccccc2)C[C@@H](C(=O)OC(c2ccccc2)c2ccccc2)N1. The van der Waals surface area contributed by atoms with Crippen LogP contribution in [0.5, 0.6) is 0 Å². The molecular formula is C31H28NO5P. The molecule has 1 aliphatic heterocycles. The Balaban J connectivity index is 1.39. The molecule has 1 aliphatic rings. The van der Waals surface area contributed by atoms with Gasteiger partial charge in [-0.15, -0.1) is 0 Å². The van der Waals surface area contributed by atoms with Gasteiger partial charge in [0.25, 0.3) is 0 Å². The second-order valence-electron chi connectivity index (χ2n) is 9.22. The van der Waals surface area contributed by atoms with Gasteiger partial charge in [0.1, 0.15) is 18.3 Å². The Morgan fingerprint density at radius 1 is 0.684 bits per heavy atom. The van der Waals surface area contributed by atoms with Gasteiger partial charge in [-0.1, -0.05) is 121 Å². The van der Waals surface area contributed by atoms with Gasteiger partial charge in [0, 0.05) is 0 Å². The maximum atomic E-state index is 14.1. The van der Waals surface area contributed by atoms with Crippen LogP contribution in [0, 0.1) is 0 Å². The van der Waals surface area contributed by atoms with Crippen LogP contribution >= 0.6 is 7.37 Å². The van der Waals surface area contributed by atoms with Crippen LogP contribution < -0.4 is 5.32 Å². The van der Waals surface area contributed by atoms with Crippen molar-refractivity contribution < 1.29 is 23.4 Å². The molecule has 5 rings (SSSR count). The molecule has 6 nitrogen and oxygen atoms in total. The van der Waals surface area contributed by atoms with Crippen molar-refractivity contribution in [3.63, 3.8) is 0 Å². The molecule has 0 radical (unpaired) electrons. The van der Waals surface area contributed by atoms with E-state index in [4.69, 9.17) is 9.26 Å². The average molecular weight is 526 g/mol. The molecule has 0 aliphatic carbocycles. The first-order valence-corrected chi connectivity index (χ1v) is 14.5. The molecular weight excluding hydrogens is 497 g/mol. The lowest BCUT2D eigenvalue weighted by Crippen LogP contribution is -2.50. The molecule has 0 spiro atoms. The van der Waals surface area contributed by atoms with Crippen LogP contribution in [0.1, 0.15) is 34.5 Å². The Morgan fingerprint density at radius 2 is 1.08 bits per heavy atom. The molecule has 7 heteroatoms. The van der Waals surface area contributed by atoms with Crippen molar-refractivity contribution in [1.82, 2.24) is 5.32 Å². The highest BCUT2D eigenvalue weighted by Gasteiger charge is 2.43. The summed E-state index contributed by atoms with van der Waals surface area (Å²) in [6.07, 6.45) is -1.77. The van der Waals surface area contributed by atoms with E-state index in [-0.39, 0.29) is 12.3 Å². The Kier molecular flexibility index (Phi) is 7.83. The Morgan fingerprint density at radius 3 is 1.50 bits per heavy atom. The number of carbonyl (C=O) groups excluding carboxylic acids is 2. The summed E-state index contributed by atoms with van der Waals surface area (Å²) < 4.78 is 26.3. The zero-order valence-electron chi connectivity index (χ0n) is 20.7. The van der Waals surface area contributed by atoms with E-state index in [2.05, 4.69) is 5.32 Å². The Bertz CT molecular complexity index is 1340. The minimum Gasteiger partial charge on any atom is -0.451 e. The molecule has 1 heterocycles. The molecule has 38 heavy (non-hydrogen) atoms. The second-order valence-corrected chi connectivity index (χ2v) is 11.7. The fraction of sp³-hybridized carbons (Fsp3) is 0.161. The number of ether oxygens (including phenoxy) is 1. The lowest BCUT2D eigenvalue weighted by molar-refractivity contribution is -0.151. The van der Waals surface area contributed by atoms with Crippen LogP contribution in [0.2, 0.25) is 0 Å². The molecule has 2 atom stereocenters. The standard InChI is InChI=1S/C31H28NO5P/c33-28-22-38(35,37-30(25-17-9-3-10-18-25)26-19-11-4-12-20-26)21-27(32-28)31(34)36-29(23-13-5-1-6-14-23)24-15-7-2-8-16-24/h1-20,27,29-30H,21-22H2,(H,32,33)/t27-,38+/m0/s1. The lowest BCUT2D eigenvalue weighted by atomic mass is 10.0. The predicted molar refractivity (Wildman–Crippen MR) is 146 cm³/mol. The minimum absolute atomic E-state index is 0.149. The zero-order chi connectivity index (χ0) is 26.4. The normalized spacial score (nSPS) is 19.2. The first-order valence-electron chi connectivity index (χ1n) is 12.5. The summed E-state index contributed by atoms with van der Waals surface area (Å²) in [7, 11) is -3.57. The summed E-state index contributed by atoms with van der Waals surface area (Å²) in [5, 5.41) is 2.67. The van der Waals surface area contributed by atoms with Crippen molar-refractivity contribution in [2.75, 3.05) is 12.3 Å². The number of hydrogen-bond donors (Lipinski definition) is 1. The Labute approximate surface area is 222 Å². The summed E-state index contributed by atoms with van der Waals surface area (Å²) >= 11 is 0. The third-order valence-electron chi connectivity index (χ3n) is 6.41. The van der Waals surface area contributed by atoms with Crippen molar-refractivity contribution in [3.8, 4) is 0 Å². The van der Waals surface area contributed by atoms with Crippen LogP contribution in [0.3, 0.4) is 0 Å². The zero-order valence-corrected chi connectivity index (χ0v) is 21.6. The number of nitrogens with one attached hydrogen (secondary N) is 1. The smallest absolute Gasteiger partial charge is 0.330 e. The molecule has 1 amide bonds. The number of esters is 1. The molecule has 0 saturated carbocycles. The van der Waals surface area contributed by atoms with Crippen molar-refractivity contribution in [1.29, 1.82) is 0 Å². The van der Waals surface area contributed by atoms with Crippen molar-refractivity contribution >= 4 is 19.2 Å². The van der Waals surface area contributed by atoms with Gasteiger partial charge in [-0.25, -0.2) is 4.79 Å². The number of benzene rings is 4. The summed E-state index contributed by atoms with van der Waals surface area (Å²) in [4.78, 5) is 26.1. The Hall–Kier alpha value is -3.99. The number of amides is 1. The minimum atomic E-state index is -3.57. The van der Waals surface area contributed by atoms with E-state index in [0.29, 0.717) is 0 Å². The van der Waals surface area contributed by atoms with Crippen LogP contribution in [-0.2, 0) is 23.4 Å². The van der Waals surface area contributed by atoms with Gasteiger partial charge >= 0.3 is 5.97 Å². The quantitative estimate of drug-likeness (QED) is 0.229. The molecule has 4 aromatic rings. The molecule has 1 fully saturated rings. The molecule has 0 unspecified atom stereocenters. The molecule has 0 aromatic heterocycles. The summed E-state index contributed by atoms with van der Waals surface area (Å²) in [6, 6.07) is 36.6.